The summed E-state index contributed by atoms with van der Waals surface area (Å²) in [4.78, 5) is 23.3. The fourth-order valence-corrected chi connectivity index (χ4v) is 5.27. The zero-order chi connectivity index (χ0) is 56.4. The van der Waals surface area contributed by atoms with Crippen molar-refractivity contribution in [3.8, 4) is 23.0 Å². The Labute approximate surface area is 416 Å². The van der Waals surface area contributed by atoms with Gasteiger partial charge in [0.1, 0.15) is 23.0 Å². The SMILES string of the molecule is COc1cccc(OC)c1.COc1cccc(OC)c1.O=C(/C=C(\[O-])c1c(F)c(F)c(F)c(F)c1F)c1c(F)c(F)c(F)c(F)c1F.O=C(/C=C(\[O-])c1c(F)c(F)c(F)c(F)c1F)c1c(F)c(F)c(F)c(F)c1F.[Cu+2]. The van der Waals surface area contributed by atoms with Gasteiger partial charge in [0.2, 0.25) is 23.3 Å². The fraction of sp³-hybridized carbons (Fsp3) is 0.0870. The van der Waals surface area contributed by atoms with E-state index in [4.69, 9.17) is 18.9 Å². The normalized spacial score (nSPS) is 10.9. The summed E-state index contributed by atoms with van der Waals surface area (Å²) < 4.78 is 283. The van der Waals surface area contributed by atoms with Crippen LogP contribution in [0.5, 0.6) is 23.0 Å². The van der Waals surface area contributed by atoms with Crippen LogP contribution in [0, 0.1) is 116 Å². The predicted octanol–water partition coefficient (Wildman–Crippen LogP) is 10.7. The van der Waals surface area contributed by atoms with E-state index in [1.165, 1.54) is 0 Å². The third kappa shape index (κ3) is 13.8. The van der Waals surface area contributed by atoms with Crippen molar-refractivity contribution in [2.24, 2.45) is 0 Å². The second kappa shape index (κ2) is 26.8. The molecule has 0 aromatic heterocycles. The van der Waals surface area contributed by atoms with Crippen LogP contribution in [0.25, 0.3) is 11.5 Å². The third-order valence-electron chi connectivity index (χ3n) is 8.90. The van der Waals surface area contributed by atoms with E-state index in [0.717, 1.165) is 23.0 Å². The summed E-state index contributed by atoms with van der Waals surface area (Å²) in [5.74, 6) is -58.2. The van der Waals surface area contributed by atoms with E-state index in [1.54, 1.807) is 28.4 Å². The van der Waals surface area contributed by atoms with Gasteiger partial charge in [-0.05, 0) is 36.4 Å². The van der Waals surface area contributed by atoms with Crippen molar-refractivity contribution in [3.05, 3.63) is 199 Å². The molecule has 0 saturated carbocycles. The summed E-state index contributed by atoms with van der Waals surface area (Å²) in [5, 5.41) is 23.3. The molecule has 0 atom stereocenters. The van der Waals surface area contributed by atoms with Crippen molar-refractivity contribution in [2.45, 2.75) is 0 Å². The molecular formula is C46H22CuF20O8. The summed E-state index contributed by atoms with van der Waals surface area (Å²) in [6, 6.07) is 14.9. The topological polar surface area (TPSA) is 117 Å². The molecule has 6 rings (SSSR count). The van der Waals surface area contributed by atoms with Crippen LogP contribution in [-0.4, -0.2) is 40.0 Å². The molecule has 0 spiro atoms. The van der Waals surface area contributed by atoms with Gasteiger partial charge in [0.05, 0.1) is 39.6 Å². The summed E-state index contributed by atoms with van der Waals surface area (Å²) >= 11 is 0. The van der Waals surface area contributed by atoms with Gasteiger partial charge >= 0.3 is 17.1 Å². The van der Waals surface area contributed by atoms with Gasteiger partial charge in [0, 0.05) is 23.3 Å². The first-order valence-electron chi connectivity index (χ1n) is 18.8. The molecule has 1 radical (unpaired) electrons. The van der Waals surface area contributed by atoms with E-state index in [1.807, 2.05) is 48.5 Å². The van der Waals surface area contributed by atoms with Crippen molar-refractivity contribution in [3.63, 3.8) is 0 Å². The molecule has 0 heterocycles. The third-order valence-corrected chi connectivity index (χ3v) is 8.90. The number of rotatable bonds is 10. The number of benzene rings is 6. The van der Waals surface area contributed by atoms with Crippen LogP contribution in [0.3, 0.4) is 0 Å². The molecule has 6 aromatic rings. The van der Waals surface area contributed by atoms with Gasteiger partial charge in [-0.1, -0.05) is 23.7 Å². The molecule has 0 unspecified atom stereocenters. The van der Waals surface area contributed by atoms with Crippen LogP contribution in [0.2, 0.25) is 0 Å². The van der Waals surface area contributed by atoms with Crippen LogP contribution in [0.1, 0.15) is 31.8 Å². The summed E-state index contributed by atoms with van der Waals surface area (Å²) in [7, 11) is 6.53. The molecule has 0 aliphatic rings. The maximum absolute atomic E-state index is 13.5. The Hall–Kier alpha value is -7.94. The second-order valence-electron chi connectivity index (χ2n) is 13.3. The van der Waals surface area contributed by atoms with E-state index in [9.17, 15) is 108 Å². The summed E-state index contributed by atoms with van der Waals surface area (Å²) in [6.45, 7) is 0. The molecule has 0 bridgehead atoms. The Balaban J connectivity index is 0.000000374. The van der Waals surface area contributed by atoms with Crippen molar-refractivity contribution >= 4 is 23.1 Å². The predicted molar refractivity (Wildman–Crippen MR) is 209 cm³/mol. The smallest absolute Gasteiger partial charge is 0.872 e. The molecule has 0 aliphatic heterocycles. The molecule has 75 heavy (non-hydrogen) atoms. The van der Waals surface area contributed by atoms with Crippen LogP contribution in [0.4, 0.5) is 87.8 Å². The van der Waals surface area contributed by atoms with Crippen LogP contribution in [0.15, 0.2) is 60.7 Å². The number of hydrogen-bond donors (Lipinski definition) is 0. The van der Waals surface area contributed by atoms with Crippen LogP contribution >= 0.6 is 0 Å². The minimum absolute atomic E-state index is 0. The molecule has 0 N–H and O–H groups in total. The van der Waals surface area contributed by atoms with Crippen molar-refractivity contribution < 1.29 is 144 Å². The average Bonchev–Trinajstić information content (AvgIpc) is 3.39. The zero-order valence-corrected chi connectivity index (χ0v) is 37.8. The largest absolute Gasteiger partial charge is 2.00 e. The van der Waals surface area contributed by atoms with E-state index < -0.39 is 174 Å². The molecule has 0 aliphatic carbocycles. The van der Waals surface area contributed by atoms with Gasteiger partial charge < -0.3 is 29.2 Å². The number of carbonyl (C=O) groups excluding carboxylic acids is 2. The standard InChI is InChI=1S/2C15H2F10O2.2C8H10O2.Cu/c2*16-6-4(7(17)11(21)14(24)10(6)20)2(26)1-3(27)5-8(18)12(22)15(25)13(23)9(5)19;2*1-9-7-4-3-5-8(6-7)10-2;/h2*1,26H;2*3-6H,1-2H3;/q;;;;+2/p-2/b2*2-1-;;;. The number of ketones is 2. The molecule has 6 aromatic carbocycles. The number of allylic oxidation sites excluding steroid dienone is 2. The van der Waals surface area contributed by atoms with E-state index in [0.29, 0.717) is 0 Å². The van der Waals surface area contributed by atoms with E-state index in [2.05, 4.69) is 0 Å². The quantitative estimate of drug-likeness (QED) is 0.0253. The van der Waals surface area contributed by atoms with Gasteiger partial charge in [-0.15, -0.1) is 0 Å². The molecule has 0 fully saturated rings. The first-order valence-corrected chi connectivity index (χ1v) is 18.8. The average molecular weight is 1150 g/mol. The Bertz CT molecular complexity index is 2840. The monoisotopic (exact) mass is 1150 g/mol. The van der Waals surface area contributed by atoms with Gasteiger partial charge in [-0.25, -0.2) is 87.8 Å². The molecular weight excluding hydrogens is 1120 g/mol. The minimum Gasteiger partial charge on any atom is -0.872 e. The Morgan fingerprint density at radius 1 is 0.320 bits per heavy atom. The number of hydrogen-bond acceptors (Lipinski definition) is 8. The Morgan fingerprint density at radius 3 is 0.653 bits per heavy atom. The number of ether oxygens (including phenoxy) is 4. The Morgan fingerprint density at radius 2 is 0.480 bits per heavy atom. The van der Waals surface area contributed by atoms with E-state index >= 15 is 0 Å². The molecule has 405 valence electrons. The zero-order valence-electron chi connectivity index (χ0n) is 36.9. The molecule has 8 nitrogen and oxygen atoms in total. The molecule has 0 amide bonds. The fourth-order valence-electron chi connectivity index (χ4n) is 5.27. The molecule has 0 saturated heterocycles. The van der Waals surface area contributed by atoms with Crippen LogP contribution < -0.4 is 29.2 Å². The summed E-state index contributed by atoms with van der Waals surface area (Å²) in [5.41, 5.74) is -8.65. The number of carbonyl (C=O) groups is 2. The van der Waals surface area contributed by atoms with E-state index in [-0.39, 0.29) is 17.1 Å². The van der Waals surface area contributed by atoms with Crippen LogP contribution in [-0.2, 0) is 17.1 Å². The van der Waals surface area contributed by atoms with Gasteiger partial charge in [-0.3, -0.25) is 9.59 Å². The first kappa shape index (κ1) is 63.2. The minimum atomic E-state index is -2.64. The maximum Gasteiger partial charge on any atom is 2.00 e. The first-order chi connectivity index (χ1) is 34.6. The summed E-state index contributed by atoms with van der Waals surface area (Å²) in [6.07, 6.45) is -1.17. The Kier molecular flexibility index (Phi) is 22.6. The van der Waals surface area contributed by atoms with Gasteiger partial charge in [0.15, 0.2) is 105 Å². The van der Waals surface area contributed by atoms with Gasteiger partial charge in [0.25, 0.3) is 0 Å². The van der Waals surface area contributed by atoms with Gasteiger partial charge in [-0.2, -0.15) is 0 Å². The molecule has 29 heteroatoms. The number of methoxy groups -OCH3 is 4. The second-order valence-corrected chi connectivity index (χ2v) is 13.3. The van der Waals surface area contributed by atoms with Crippen molar-refractivity contribution in [1.82, 2.24) is 0 Å². The van der Waals surface area contributed by atoms with Crippen molar-refractivity contribution in [2.75, 3.05) is 28.4 Å². The van der Waals surface area contributed by atoms with Crippen molar-refractivity contribution in [1.29, 1.82) is 0 Å². The number of halogens is 20. The maximum atomic E-state index is 13.5.